The molecule has 0 amide bonds. The average Bonchev–Trinajstić information content (AvgIpc) is 2.01. The molecule has 0 aliphatic rings. The zero-order valence-electron chi connectivity index (χ0n) is 6.85. The number of carboxylic acid groups (broad SMARTS) is 1. The molecule has 0 aliphatic heterocycles. The molecule has 3 nitrogen and oxygen atoms in total. The van der Waals surface area contributed by atoms with Gasteiger partial charge < -0.3 is 10.4 Å². The second kappa shape index (κ2) is 4.36. The lowest BCUT2D eigenvalue weighted by Crippen LogP contribution is -2.14. The standard InChI is InChI=1S/C8H6BrF2NO2/c9-4-1-5(10)8(6(11)2-4)12-3-7(13)14/h1-2,12H,3H2,(H,13,14). The molecule has 0 spiro atoms. The maximum atomic E-state index is 13.0. The highest BCUT2D eigenvalue weighted by Gasteiger charge is 2.10. The van der Waals surface area contributed by atoms with Gasteiger partial charge in [-0.2, -0.15) is 0 Å². The molecule has 6 heteroatoms. The van der Waals surface area contributed by atoms with Gasteiger partial charge in [-0.1, -0.05) is 15.9 Å². The van der Waals surface area contributed by atoms with Crippen LogP contribution < -0.4 is 5.32 Å². The number of hydrogen-bond acceptors (Lipinski definition) is 2. The number of carbonyl (C=O) groups is 1. The molecule has 0 radical (unpaired) electrons. The van der Waals surface area contributed by atoms with Gasteiger partial charge in [-0.05, 0) is 12.1 Å². The molecule has 1 rings (SSSR count). The number of halogens is 3. The van der Waals surface area contributed by atoms with Crippen LogP contribution in [-0.2, 0) is 4.79 Å². The summed E-state index contributed by atoms with van der Waals surface area (Å²) in [6.45, 7) is -0.532. The molecule has 0 atom stereocenters. The SMILES string of the molecule is O=C(O)CNc1c(F)cc(Br)cc1F. The third-order valence-corrected chi connectivity index (χ3v) is 1.88. The Kier molecular flexibility index (Phi) is 3.40. The van der Waals surface area contributed by atoms with Crippen molar-refractivity contribution < 1.29 is 18.7 Å². The summed E-state index contributed by atoms with van der Waals surface area (Å²) in [5.74, 6) is -2.86. The van der Waals surface area contributed by atoms with Crippen LogP contribution in [0.4, 0.5) is 14.5 Å². The van der Waals surface area contributed by atoms with Gasteiger partial charge in [0.2, 0.25) is 0 Å². The van der Waals surface area contributed by atoms with E-state index in [2.05, 4.69) is 21.2 Å². The first-order valence-corrected chi connectivity index (χ1v) is 4.40. The quantitative estimate of drug-likeness (QED) is 0.881. The molecular weight excluding hydrogens is 260 g/mol. The number of rotatable bonds is 3. The summed E-state index contributed by atoms with van der Waals surface area (Å²) in [6.07, 6.45) is 0. The second-order valence-electron chi connectivity index (χ2n) is 2.49. The maximum absolute atomic E-state index is 13.0. The molecule has 2 N–H and O–H groups in total. The van der Waals surface area contributed by atoms with Gasteiger partial charge in [-0.3, -0.25) is 4.79 Å². The Morgan fingerprint density at radius 3 is 2.36 bits per heavy atom. The number of carboxylic acids is 1. The summed E-state index contributed by atoms with van der Waals surface area (Å²) in [4.78, 5) is 10.1. The van der Waals surface area contributed by atoms with Gasteiger partial charge in [0, 0.05) is 4.47 Å². The van der Waals surface area contributed by atoms with E-state index >= 15 is 0 Å². The molecule has 0 aliphatic carbocycles. The Labute approximate surface area is 86.9 Å². The van der Waals surface area contributed by atoms with Crippen LogP contribution in [0.25, 0.3) is 0 Å². The fourth-order valence-electron chi connectivity index (χ4n) is 0.875. The van der Waals surface area contributed by atoms with E-state index in [1.165, 1.54) is 0 Å². The summed E-state index contributed by atoms with van der Waals surface area (Å²) in [7, 11) is 0. The van der Waals surface area contributed by atoms with Gasteiger partial charge in [0.25, 0.3) is 0 Å². The Morgan fingerprint density at radius 2 is 1.93 bits per heavy atom. The molecule has 0 aromatic heterocycles. The lowest BCUT2D eigenvalue weighted by atomic mass is 10.3. The fourth-order valence-corrected chi connectivity index (χ4v) is 1.28. The molecule has 14 heavy (non-hydrogen) atoms. The summed E-state index contributed by atoms with van der Waals surface area (Å²) < 4.78 is 26.3. The topological polar surface area (TPSA) is 49.3 Å². The van der Waals surface area contributed by atoms with Crippen molar-refractivity contribution in [1.82, 2.24) is 0 Å². The zero-order chi connectivity index (χ0) is 10.7. The van der Waals surface area contributed by atoms with E-state index in [1.54, 1.807) is 0 Å². The van der Waals surface area contributed by atoms with Gasteiger partial charge >= 0.3 is 5.97 Å². The van der Waals surface area contributed by atoms with Crippen LogP contribution in [-0.4, -0.2) is 17.6 Å². The number of benzene rings is 1. The smallest absolute Gasteiger partial charge is 0.322 e. The third-order valence-electron chi connectivity index (χ3n) is 1.42. The van der Waals surface area contributed by atoms with E-state index in [0.29, 0.717) is 0 Å². The maximum Gasteiger partial charge on any atom is 0.322 e. The summed E-state index contributed by atoms with van der Waals surface area (Å²) in [5, 5.41) is 10.4. The Morgan fingerprint density at radius 1 is 1.43 bits per heavy atom. The van der Waals surface area contributed by atoms with Crippen LogP contribution in [0.3, 0.4) is 0 Å². The van der Waals surface area contributed by atoms with Crippen LogP contribution in [0.2, 0.25) is 0 Å². The minimum Gasteiger partial charge on any atom is -0.480 e. The van der Waals surface area contributed by atoms with Crippen LogP contribution in [0.1, 0.15) is 0 Å². The van der Waals surface area contributed by atoms with E-state index in [-0.39, 0.29) is 4.47 Å². The molecule has 0 heterocycles. The van der Waals surface area contributed by atoms with Crippen LogP contribution in [0.15, 0.2) is 16.6 Å². The fraction of sp³-hybridized carbons (Fsp3) is 0.125. The monoisotopic (exact) mass is 265 g/mol. The number of anilines is 1. The number of hydrogen-bond donors (Lipinski definition) is 2. The van der Waals surface area contributed by atoms with Gasteiger partial charge in [0.1, 0.15) is 23.9 Å². The van der Waals surface area contributed by atoms with Crippen LogP contribution in [0, 0.1) is 11.6 Å². The molecule has 1 aromatic rings. The highest BCUT2D eigenvalue weighted by atomic mass is 79.9. The number of aliphatic carboxylic acids is 1. The number of nitrogens with one attached hydrogen (secondary N) is 1. The first kappa shape index (κ1) is 10.9. The average molecular weight is 266 g/mol. The van der Waals surface area contributed by atoms with Gasteiger partial charge in [0.05, 0.1) is 0 Å². The molecule has 76 valence electrons. The first-order chi connectivity index (χ1) is 6.50. The van der Waals surface area contributed by atoms with Gasteiger partial charge in [0.15, 0.2) is 0 Å². The largest absolute Gasteiger partial charge is 0.480 e. The van der Waals surface area contributed by atoms with E-state index in [1.807, 2.05) is 0 Å². The van der Waals surface area contributed by atoms with E-state index in [4.69, 9.17) is 5.11 Å². The third kappa shape index (κ3) is 2.66. The van der Waals surface area contributed by atoms with Crippen molar-refractivity contribution in [1.29, 1.82) is 0 Å². The minimum absolute atomic E-state index is 0.258. The zero-order valence-corrected chi connectivity index (χ0v) is 8.44. The van der Waals surface area contributed by atoms with Crippen molar-refractivity contribution in [3.63, 3.8) is 0 Å². The van der Waals surface area contributed by atoms with E-state index in [0.717, 1.165) is 12.1 Å². The van der Waals surface area contributed by atoms with Gasteiger partial charge in [-0.25, -0.2) is 8.78 Å². The molecular formula is C8H6BrF2NO2. The van der Waals surface area contributed by atoms with Crippen molar-refractivity contribution >= 4 is 27.6 Å². The molecule has 0 unspecified atom stereocenters. The highest BCUT2D eigenvalue weighted by Crippen LogP contribution is 2.23. The molecule has 1 aromatic carbocycles. The van der Waals surface area contributed by atoms with Crippen LogP contribution in [0.5, 0.6) is 0 Å². The molecule has 0 saturated heterocycles. The molecule has 0 saturated carbocycles. The summed E-state index contributed by atoms with van der Waals surface area (Å²) in [5.41, 5.74) is -0.435. The van der Waals surface area contributed by atoms with Crippen molar-refractivity contribution in [2.45, 2.75) is 0 Å². The Bertz CT molecular complexity index is 347. The summed E-state index contributed by atoms with van der Waals surface area (Å²) in [6, 6.07) is 2.10. The lowest BCUT2D eigenvalue weighted by molar-refractivity contribution is -0.134. The van der Waals surface area contributed by atoms with Crippen molar-refractivity contribution in [2.24, 2.45) is 0 Å². The second-order valence-corrected chi connectivity index (χ2v) is 3.41. The predicted molar refractivity (Wildman–Crippen MR) is 50.2 cm³/mol. The van der Waals surface area contributed by atoms with Crippen LogP contribution >= 0.6 is 15.9 Å². The van der Waals surface area contributed by atoms with Crippen molar-refractivity contribution in [3.05, 3.63) is 28.2 Å². The normalized spacial score (nSPS) is 9.93. The van der Waals surface area contributed by atoms with Crippen molar-refractivity contribution in [3.8, 4) is 0 Å². The van der Waals surface area contributed by atoms with Crippen molar-refractivity contribution in [2.75, 3.05) is 11.9 Å². The highest BCUT2D eigenvalue weighted by molar-refractivity contribution is 9.10. The van der Waals surface area contributed by atoms with E-state index < -0.39 is 29.8 Å². The lowest BCUT2D eigenvalue weighted by Gasteiger charge is -2.06. The Balaban J connectivity index is 2.91. The molecule has 0 bridgehead atoms. The first-order valence-electron chi connectivity index (χ1n) is 3.61. The van der Waals surface area contributed by atoms with Gasteiger partial charge in [-0.15, -0.1) is 0 Å². The van der Waals surface area contributed by atoms with E-state index in [9.17, 15) is 13.6 Å². The Hall–Kier alpha value is -1.17. The molecule has 0 fully saturated rings. The minimum atomic E-state index is -1.19. The predicted octanol–water partition coefficient (Wildman–Crippen LogP) is 2.22. The summed E-state index contributed by atoms with van der Waals surface area (Å²) >= 11 is 2.90.